The average molecular weight is 254 g/mol. The smallest absolute Gasteiger partial charge is 0.260 e. The van der Waals surface area contributed by atoms with Gasteiger partial charge >= 0.3 is 0 Å². The van der Waals surface area contributed by atoms with Crippen molar-refractivity contribution >= 4 is 23.2 Å². The lowest BCUT2D eigenvalue weighted by Crippen LogP contribution is -2.14. The van der Waals surface area contributed by atoms with Crippen LogP contribution in [0.2, 0.25) is 5.02 Å². The van der Waals surface area contributed by atoms with Crippen molar-refractivity contribution < 1.29 is 9.18 Å². The van der Waals surface area contributed by atoms with Crippen molar-refractivity contribution in [1.29, 1.82) is 0 Å². The highest BCUT2D eigenvalue weighted by atomic mass is 35.5. The summed E-state index contributed by atoms with van der Waals surface area (Å²) in [6, 6.07) is 4.09. The number of aryl methyl sites for hydroxylation is 1. The third-order valence-electron chi connectivity index (χ3n) is 2.27. The molecule has 0 aliphatic heterocycles. The van der Waals surface area contributed by atoms with Crippen LogP contribution in [-0.2, 0) is 0 Å². The van der Waals surface area contributed by atoms with Crippen molar-refractivity contribution in [3.05, 3.63) is 46.5 Å². The van der Waals surface area contributed by atoms with E-state index < -0.39 is 11.7 Å². The van der Waals surface area contributed by atoms with Crippen LogP contribution in [0.1, 0.15) is 16.1 Å². The molecule has 0 spiro atoms. The van der Waals surface area contributed by atoms with Crippen molar-refractivity contribution in [2.75, 3.05) is 5.32 Å². The lowest BCUT2D eigenvalue weighted by atomic mass is 10.2. The lowest BCUT2D eigenvalue weighted by Gasteiger charge is -2.06. The van der Waals surface area contributed by atoms with Crippen LogP contribution < -0.4 is 5.32 Å². The van der Waals surface area contributed by atoms with Gasteiger partial charge in [-0.2, -0.15) is 5.10 Å². The fourth-order valence-corrected chi connectivity index (χ4v) is 1.63. The molecular formula is C11H9ClFN3O. The molecule has 0 saturated heterocycles. The minimum Gasteiger partial charge on any atom is -0.319 e. The van der Waals surface area contributed by atoms with E-state index in [1.807, 2.05) is 0 Å². The Morgan fingerprint density at radius 1 is 1.53 bits per heavy atom. The van der Waals surface area contributed by atoms with Gasteiger partial charge in [0.05, 0.1) is 28.2 Å². The Bertz CT molecular complexity index is 547. The van der Waals surface area contributed by atoms with E-state index in [2.05, 4.69) is 15.5 Å². The van der Waals surface area contributed by atoms with E-state index in [0.29, 0.717) is 11.4 Å². The predicted molar refractivity (Wildman–Crippen MR) is 62.7 cm³/mol. The number of hydrogen-bond donors (Lipinski definition) is 2. The van der Waals surface area contributed by atoms with Crippen molar-refractivity contribution in [2.24, 2.45) is 0 Å². The molecule has 0 radical (unpaired) electrons. The van der Waals surface area contributed by atoms with Gasteiger partial charge in [0.25, 0.3) is 5.91 Å². The molecule has 1 heterocycles. The highest BCUT2D eigenvalue weighted by molar-refractivity contribution is 6.34. The topological polar surface area (TPSA) is 57.8 Å². The Balaban J connectivity index is 2.30. The zero-order chi connectivity index (χ0) is 12.4. The first-order valence-corrected chi connectivity index (χ1v) is 5.22. The van der Waals surface area contributed by atoms with Crippen LogP contribution in [-0.4, -0.2) is 16.1 Å². The Labute approximate surface area is 102 Å². The standard InChI is InChI=1S/C11H9ClFN3O/c1-6-9(5-14-16-6)15-11(17)10-7(12)3-2-4-8(10)13/h2-5H,1H3,(H,14,16)(H,15,17). The average Bonchev–Trinajstić information content (AvgIpc) is 2.64. The lowest BCUT2D eigenvalue weighted by molar-refractivity contribution is 0.102. The molecular weight excluding hydrogens is 245 g/mol. The van der Waals surface area contributed by atoms with Gasteiger partial charge in [-0.25, -0.2) is 4.39 Å². The maximum atomic E-state index is 13.5. The number of rotatable bonds is 2. The summed E-state index contributed by atoms with van der Waals surface area (Å²) in [5.41, 5.74) is 1.01. The monoisotopic (exact) mass is 253 g/mol. The summed E-state index contributed by atoms with van der Waals surface area (Å²) in [6.45, 7) is 1.74. The molecule has 0 bridgehead atoms. The number of carbonyl (C=O) groups is 1. The molecule has 4 nitrogen and oxygen atoms in total. The summed E-state index contributed by atoms with van der Waals surface area (Å²) < 4.78 is 13.5. The molecule has 1 amide bonds. The number of anilines is 1. The maximum Gasteiger partial charge on any atom is 0.260 e. The van der Waals surface area contributed by atoms with Crippen LogP contribution in [0.3, 0.4) is 0 Å². The van der Waals surface area contributed by atoms with Crippen LogP contribution in [0.4, 0.5) is 10.1 Å². The molecule has 0 saturated carbocycles. The van der Waals surface area contributed by atoms with Crippen molar-refractivity contribution in [1.82, 2.24) is 10.2 Å². The third kappa shape index (κ3) is 2.29. The van der Waals surface area contributed by atoms with E-state index in [4.69, 9.17) is 11.6 Å². The molecule has 0 aliphatic rings. The van der Waals surface area contributed by atoms with E-state index in [0.717, 1.165) is 0 Å². The number of H-pyrrole nitrogens is 1. The fourth-order valence-electron chi connectivity index (χ4n) is 1.38. The van der Waals surface area contributed by atoms with Crippen molar-refractivity contribution in [3.63, 3.8) is 0 Å². The molecule has 0 atom stereocenters. The number of nitrogens with one attached hydrogen (secondary N) is 2. The van der Waals surface area contributed by atoms with Gasteiger partial charge in [0.2, 0.25) is 0 Å². The van der Waals surface area contributed by atoms with Crippen LogP contribution in [0.15, 0.2) is 24.4 Å². The number of carbonyl (C=O) groups excluding carboxylic acids is 1. The quantitative estimate of drug-likeness (QED) is 0.865. The number of aromatic nitrogens is 2. The molecule has 6 heteroatoms. The van der Waals surface area contributed by atoms with E-state index in [1.54, 1.807) is 6.92 Å². The van der Waals surface area contributed by atoms with Gasteiger partial charge < -0.3 is 5.32 Å². The summed E-state index contributed by atoms with van der Waals surface area (Å²) in [5, 5.41) is 9.01. The minimum absolute atomic E-state index is 0.0728. The van der Waals surface area contributed by atoms with E-state index in [1.165, 1.54) is 24.4 Å². The first kappa shape index (κ1) is 11.6. The Kier molecular flexibility index (Phi) is 3.10. The van der Waals surface area contributed by atoms with E-state index >= 15 is 0 Å². The third-order valence-corrected chi connectivity index (χ3v) is 2.58. The Morgan fingerprint density at radius 2 is 2.29 bits per heavy atom. The number of aromatic amines is 1. The number of halogens is 2. The second-order valence-corrected chi connectivity index (χ2v) is 3.87. The zero-order valence-corrected chi connectivity index (χ0v) is 9.68. The normalized spacial score (nSPS) is 10.3. The largest absolute Gasteiger partial charge is 0.319 e. The summed E-state index contributed by atoms with van der Waals surface area (Å²) in [6.07, 6.45) is 1.45. The molecule has 2 aromatic rings. The van der Waals surface area contributed by atoms with Gasteiger partial charge in [-0.05, 0) is 19.1 Å². The molecule has 17 heavy (non-hydrogen) atoms. The highest BCUT2D eigenvalue weighted by Gasteiger charge is 2.16. The predicted octanol–water partition coefficient (Wildman–Crippen LogP) is 2.76. The van der Waals surface area contributed by atoms with Gasteiger partial charge in [0.15, 0.2) is 0 Å². The SMILES string of the molecule is Cc1[nH]ncc1NC(=O)c1c(F)cccc1Cl. The van der Waals surface area contributed by atoms with Gasteiger partial charge in [-0.3, -0.25) is 9.89 Å². The number of nitrogens with zero attached hydrogens (tertiary/aromatic N) is 1. The summed E-state index contributed by atoms with van der Waals surface area (Å²) in [4.78, 5) is 11.8. The van der Waals surface area contributed by atoms with Gasteiger partial charge in [0.1, 0.15) is 5.82 Å². The van der Waals surface area contributed by atoms with E-state index in [9.17, 15) is 9.18 Å². The van der Waals surface area contributed by atoms with Crippen LogP contribution in [0, 0.1) is 12.7 Å². The molecule has 88 valence electrons. The molecule has 0 fully saturated rings. The van der Waals surface area contributed by atoms with Gasteiger partial charge in [-0.1, -0.05) is 17.7 Å². The molecule has 0 aliphatic carbocycles. The second-order valence-electron chi connectivity index (χ2n) is 3.46. The van der Waals surface area contributed by atoms with Gasteiger partial charge in [0, 0.05) is 0 Å². The zero-order valence-electron chi connectivity index (χ0n) is 8.92. The molecule has 0 unspecified atom stereocenters. The highest BCUT2D eigenvalue weighted by Crippen LogP contribution is 2.21. The molecule has 2 rings (SSSR count). The Morgan fingerprint density at radius 3 is 2.88 bits per heavy atom. The fraction of sp³-hybridized carbons (Fsp3) is 0.0909. The summed E-state index contributed by atoms with van der Waals surface area (Å²) in [5.74, 6) is -1.26. The summed E-state index contributed by atoms with van der Waals surface area (Å²) >= 11 is 5.78. The molecule has 1 aromatic heterocycles. The molecule has 1 aromatic carbocycles. The Hall–Kier alpha value is -1.88. The molecule has 2 N–H and O–H groups in total. The number of benzene rings is 1. The van der Waals surface area contributed by atoms with Crippen LogP contribution in [0.5, 0.6) is 0 Å². The second kappa shape index (κ2) is 4.55. The maximum absolute atomic E-state index is 13.5. The van der Waals surface area contributed by atoms with Crippen LogP contribution in [0.25, 0.3) is 0 Å². The first-order valence-electron chi connectivity index (χ1n) is 4.85. The number of amides is 1. The van der Waals surface area contributed by atoms with E-state index in [-0.39, 0.29) is 10.6 Å². The van der Waals surface area contributed by atoms with Crippen molar-refractivity contribution in [2.45, 2.75) is 6.92 Å². The van der Waals surface area contributed by atoms with Gasteiger partial charge in [-0.15, -0.1) is 0 Å². The number of hydrogen-bond acceptors (Lipinski definition) is 2. The van der Waals surface area contributed by atoms with Crippen molar-refractivity contribution in [3.8, 4) is 0 Å². The van der Waals surface area contributed by atoms with Crippen LogP contribution >= 0.6 is 11.6 Å². The minimum atomic E-state index is -0.656. The first-order chi connectivity index (χ1) is 8.09. The summed E-state index contributed by atoms with van der Waals surface area (Å²) in [7, 11) is 0.